The van der Waals surface area contributed by atoms with Crippen molar-refractivity contribution in [2.75, 3.05) is 7.05 Å². The Morgan fingerprint density at radius 3 is 3.05 bits per heavy atom. The quantitative estimate of drug-likeness (QED) is 0.851. The molecule has 0 radical (unpaired) electrons. The Labute approximate surface area is 116 Å². The first-order valence-electron chi connectivity index (χ1n) is 6.53. The Morgan fingerprint density at radius 2 is 2.32 bits per heavy atom. The molecule has 1 aliphatic rings. The lowest BCUT2D eigenvalue weighted by atomic mass is 9.97. The number of tetrazole rings is 1. The van der Waals surface area contributed by atoms with Gasteiger partial charge < -0.3 is 0 Å². The Balaban J connectivity index is 1.79. The topological polar surface area (TPSA) is 59.7 Å². The van der Waals surface area contributed by atoms with E-state index in [1.54, 1.807) is 7.05 Å². The molecule has 1 aliphatic carbocycles. The first kappa shape index (κ1) is 12.7. The molecule has 3 rings (SSSR count). The normalized spacial score (nSPS) is 18.8. The summed E-state index contributed by atoms with van der Waals surface area (Å²) in [5.74, 6) is 0.776. The van der Waals surface area contributed by atoms with Gasteiger partial charge in [0.25, 0.3) is 0 Å². The maximum Gasteiger partial charge on any atom is 0.188 e. The van der Waals surface area contributed by atoms with E-state index < -0.39 is 0 Å². The van der Waals surface area contributed by atoms with Gasteiger partial charge in [0.2, 0.25) is 0 Å². The second-order valence-electron chi connectivity index (χ2n) is 5.06. The fourth-order valence-corrected chi connectivity index (χ4v) is 3.83. The SMILES string of the molecule is Cc1nc2c(s1)C(N(C)Cc1nnn(C)n1)CCC2. The second kappa shape index (κ2) is 4.97. The molecule has 0 N–H and O–H groups in total. The van der Waals surface area contributed by atoms with Crippen molar-refractivity contribution < 1.29 is 0 Å². The predicted octanol–water partition coefficient (Wildman–Crippen LogP) is 1.48. The average Bonchev–Trinajstić information content (AvgIpc) is 2.93. The van der Waals surface area contributed by atoms with Crippen LogP contribution in [0.2, 0.25) is 0 Å². The molecule has 1 atom stereocenters. The number of hydrogen-bond donors (Lipinski definition) is 0. The van der Waals surface area contributed by atoms with E-state index in [-0.39, 0.29) is 0 Å². The summed E-state index contributed by atoms with van der Waals surface area (Å²) in [7, 11) is 3.92. The third kappa shape index (κ3) is 2.52. The molecule has 0 spiro atoms. The minimum absolute atomic E-state index is 0.443. The van der Waals surface area contributed by atoms with E-state index in [9.17, 15) is 0 Å². The zero-order valence-corrected chi connectivity index (χ0v) is 12.3. The number of fused-ring (bicyclic) bond motifs is 1. The standard InChI is InChI=1S/C12H18N6S/c1-8-13-9-5-4-6-10(12(9)19-8)17(2)7-11-14-16-18(3)15-11/h10H,4-7H2,1-3H3. The number of thiazole rings is 1. The van der Waals surface area contributed by atoms with Crippen molar-refractivity contribution in [2.24, 2.45) is 7.05 Å². The van der Waals surface area contributed by atoms with Crippen molar-refractivity contribution in [3.63, 3.8) is 0 Å². The highest BCUT2D eigenvalue weighted by Crippen LogP contribution is 2.37. The van der Waals surface area contributed by atoms with E-state index in [4.69, 9.17) is 0 Å². The molecular formula is C12H18N6S. The van der Waals surface area contributed by atoms with E-state index >= 15 is 0 Å². The zero-order valence-electron chi connectivity index (χ0n) is 11.5. The average molecular weight is 278 g/mol. The molecule has 2 aromatic heterocycles. The molecule has 2 aromatic rings. The van der Waals surface area contributed by atoms with Crippen LogP contribution in [0, 0.1) is 6.92 Å². The van der Waals surface area contributed by atoms with E-state index in [0.717, 1.165) is 18.8 Å². The van der Waals surface area contributed by atoms with E-state index in [2.05, 4.69) is 39.3 Å². The number of hydrogen-bond acceptors (Lipinski definition) is 6. The predicted molar refractivity (Wildman–Crippen MR) is 72.8 cm³/mol. The number of nitrogens with zero attached hydrogens (tertiary/aromatic N) is 6. The minimum Gasteiger partial charge on any atom is -0.291 e. The van der Waals surface area contributed by atoms with Gasteiger partial charge in [-0.25, -0.2) is 4.98 Å². The maximum absolute atomic E-state index is 4.64. The lowest BCUT2D eigenvalue weighted by molar-refractivity contribution is 0.211. The number of rotatable bonds is 3. The Morgan fingerprint density at radius 1 is 1.47 bits per heavy atom. The van der Waals surface area contributed by atoms with Crippen LogP contribution >= 0.6 is 11.3 Å². The number of aryl methyl sites for hydroxylation is 3. The Bertz CT molecular complexity index is 575. The first-order chi connectivity index (χ1) is 9.13. The largest absolute Gasteiger partial charge is 0.291 e. The molecule has 2 heterocycles. The van der Waals surface area contributed by atoms with Gasteiger partial charge in [0.05, 0.1) is 24.3 Å². The molecule has 0 saturated carbocycles. The van der Waals surface area contributed by atoms with Crippen LogP contribution in [0.4, 0.5) is 0 Å². The van der Waals surface area contributed by atoms with E-state index in [1.807, 2.05) is 11.3 Å². The summed E-state index contributed by atoms with van der Waals surface area (Å²) in [5, 5.41) is 13.4. The zero-order chi connectivity index (χ0) is 13.4. The van der Waals surface area contributed by atoms with Gasteiger partial charge in [-0.05, 0) is 38.4 Å². The van der Waals surface area contributed by atoms with Crippen LogP contribution in [-0.2, 0) is 20.0 Å². The van der Waals surface area contributed by atoms with Gasteiger partial charge in [-0.3, -0.25) is 4.90 Å². The summed E-state index contributed by atoms with van der Waals surface area (Å²) in [6, 6.07) is 0.443. The van der Waals surface area contributed by atoms with E-state index in [1.165, 1.54) is 33.2 Å². The minimum atomic E-state index is 0.443. The summed E-state index contributed by atoms with van der Waals surface area (Å²) in [6.45, 7) is 2.82. The van der Waals surface area contributed by atoms with E-state index in [0.29, 0.717) is 6.04 Å². The maximum atomic E-state index is 4.64. The van der Waals surface area contributed by atoms with Crippen LogP contribution in [0.15, 0.2) is 0 Å². The molecule has 102 valence electrons. The van der Waals surface area contributed by atoms with Gasteiger partial charge in [0.15, 0.2) is 5.82 Å². The van der Waals surface area contributed by atoms with Crippen molar-refractivity contribution in [1.82, 2.24) is 30.1 Å². The van der Waals surface area contributed by atoms with Crippen molar-refractivity contribution in [1.29, 1.82) is 0 Å². The third-order valence-corrected chi connectivity index (χ3v) is 4.62. The van der Waals surface area contributed by atoms with Gasteiger partial charge >= 0.3 is 0 Å². The molecule has 0 bridgehead atoms. The summed E-state index contributed by atoms with van der Waals surface area (Å²) in [6.07, 6.45) is 3.51. The van der Waals surface area contributed by atoms with Gasteiger partial charge in [0, 0.05) is 10.9 Å². The highest BCUT2D eigenvalue weighted by atomic mass is 32.1. The number of aromatic nitrogens is 5. The molecule has 0 saturated heterocycles. The molecule has 19 heavy (non-hydrogen) atoms. The lowest BCUT2D eigenvalue weighted by Gasteiger charge is -2.29. The van der Waals surface area contributed by atoms with Crippen molar-refractivity contribution in [3.05, 3.63) is 21.4 Å². The van der Waals surface area contributed by atoms with Gasteiger partial charge in [-0.1, -0.05) is 0 Å². The Kier molecular flexibility index (Phi) is 3.32. The summed E-state index contributed by atoms with van der Waals surface area (Å²) < 4.78 is 0. The summed E-state index contributed by atoms with van der Waals surface area (Å²) >= 11 is 1.83. The monoisotopic (exact) mass is 278 g/mol. The third-order valence-electron chi connectivity index (χ3n) is 3.50. The van der Waals surface area contributed by atoms with Crippen LogP contribution in [0.5, 0.6) is 0 Å². The van der Waals surface area contributed by atoms with Crippen LogP contribution in [-0.4, -0.2) is 37.1 Å². The van der Waals surface area contributed by atoms with Crippen molar-refractivity contribution in [2.45, 2.75) is 38.8 Å². The molecule has 0 amide bonds. The van der Waals surface area contributed by atoms with Crippen LogP contribution < -0.4 is 0 Å². The molecule has 0 aliphatic heterocycles. The van der Waals surface area contributed by atoms with Crippen LogP contribution in [0.3, 0.4) is 0 Å². The highest BCUT2D eigenvalue weighted by Gasteiger charge is 2.27. The molecular weight excluding hydrogens is 260 g/mol. The smallest absolute Gasteiger partial charge is 0.188 e. The molecule has 6 nitrogen and oxygen atoms in total. The van der Waals surface area contributed by atoms with Gasteiger partial charge in [-0.2, -0.15) is 4.80 Å². The fourth-order valence-electron chi connectivity index (χ4n) is 2.66. The molecule has 1 unspecified atom stereocenters. The van der Waals surface area contributed by atoms with Crippen molar-refractivity contribution >= 4 is 11.3 Å². The Hall–Kier alpha value is -1.34. The van der Waals surface area contributed by atoms with Crippen LogP contribution in [0.25, 0.3) is 0 Å². The fraction of sp³-hybridized carbons (Fsp3) is 0.667. The van der Waals surface area contributed by atoms with Crippen molar-refractivity contribution in [3.8, 4) is 0 Å². The van der Waals surface area contributed by atoms with Gasteiger partial charge in [0.1, 0.15) is 0 Å². The summed E-state index contributed by atoms with van der Waals surface area (Å²) in [5.41, 5.74) is 1.29. The van der Waals surface area contributed by atoms with Gasteiger partial charge in [-0.15, -0.1) is 21.5 Å². The molecule has 0 aromatic carbocycles. The lowest BCUT2D eigenvalue weighted by Crippen LogP contribution is -2.27. The summed E-state index contributed by atoms with van der Waals surface area (Å²) in [4.78, 5) is 9.88. The second-order valence-corrected chi connectivity index (χ2v) is 6.30. The molecule has 0 fully saturated rings. The first-order valence-corrected chi connectivity index (χ1v) is 7.34. The highest BCUT2D eigenvalue weighted by molar-refractivity contribution is 7.11. The van der Waals surface area contributed by atoms with Crippen LogP contribution in [0.1, 0.15) is 40.3 Å². The molecule has 7 heteroatoms.